The van der Waals surface area contributed by atoms with E-state index in [4.69, 9.17) is 0 Å². The van der Waals surface area contributed by atoms with Crippen LogP contribution < -0.4 is 5.32 Å². The minimum atomic E-state index is 0.728. The van der Waals surface area contributed by atoms with Gasteiger partial charge in [-0.05, 0) is 39.0 Å². The van der Waals surface area contributed by atoms with E-state index in [1.807, 2.05) is 0 Å². The summed E-state index contributed by atoms with van der Waals surface area (Å²) in [5.41, 5.74) is 0. The molecule has 1 saturated heterocycles. The number of nitrogens with zero attached hydrogens (tertiary/aromatic N) is 2. The van der Waals surface area contributed by atoms with E-state index >= 15 is 0 Å². The third kappa shape index (κ3) is 4.40. The monoisotopic (exact) mass is 227 g/mol. The summed E-state index contributed by atoms with van der Waals surface area (Å²) in [6.07, 6.45) is 1.30. The van der Waals surface area contributed by atoms with Gasteiger partial charge in [0.15, 0.2) is 0 Å². The second-order valence-corrected chi connectivity index (χ2v) is 5.12. The number of rotatable bonds is 6. The molecule has 96 valence electrons. The van der Waals surface area contributed by atoms with Gasteiger partial charge in [-0.3, -0.25) is 0 Å². The van der Waals surface area contributed by atoms with Crippen molar-refractivity contribution in [1.82, 2.24) is 15.1 Å². The number of hydrogen-bond donors (Lipinski definition) is 1. The Bertz CT molecular complexity index is 180. The molecule has 3 heteroatoms. The number of likely N-dealkylation sites (N-methyl/N-ethyl adjacent to an activating group) is 1. The molecule has 1 rings (SSSR count). The Labute approximate surface area is 101 Å². The molecule has 0 aromatic carbocycles. The van der Waals surface area contributed by atoms with E-state index in [9.17, 15) is 0 Å². The average molecular weight is 227 g/mol. The van der Waals surface area contributed by atoms with Crippen LogP contribution in [0.4, 0.5) is 0 Å². The van der Waals surface area contributed by atoms with Crippen molar-refractivity contribution in [2.45, 2.75) is 33.2 Å². The van der Waals surface area contributed by atoms with Gasteiger partial charge in [-0.25, -0.2) is 0 Å². The maximum atomic E-state index is 3.72. The molecule has 0 radical (unpaired) electrons. The molecule has 1 aliphatic heterocycles. The summed E-state index contributed by atoms with van der Waals surface area (Å²) >= 11 is 0. The highest BCUT2D eigenvalue weighted by Gasteiger charge is 2.23. The molecule has 0 amide bonds. The number of likely N-dealkylation sites (tertiary alicyclic amines) is 1. The highest BCUT2D eigenvalue weighted by Crippen LogP contribution is 2.14. The van der Waals surface area contributed by atoms with Crippen LogP contribution in [0.3, 0.4) is 0 Å². The standard InChI is InChI=1S/C13H29N3/c1-5-16(6-2)10-8-14-13-7-9-15(4)11-12(13)3/h12-14H,5-11H2,1-4H3. The lowest BCUT2D eigenvalue weighted by Gasteiger charge is -2.35. The van der Waals surface area contributed by atoms with Crippen LogP contribution in [0, 0.1) is 5.92 Å². The lowest BCUT2D eigenvalue weighted by Crippen LogP contribution is -2.48. The van der Waals surface area contributed by atoms with E-state index < -0.39 is 0 Å². The van der Waals surface area contributed by atoms with E-state index in [1.165, 1.54) is 39.1 Å². The summed E-state index contributed by atoms with van der Waals surface area (Å²) in [6.45, 7) is 14.0. The lowest BCUT2D eigenvalue weighted by molar-refractivity contribution is 0.171. The van der Waals surface area contributed by atoms with E-state index in [0.717, 1.165) is 18.5 Å². The molecule has 1 N–H and O–H groups in total. The molecule has 1 fully saturated rings. The maximum absolute atomic E-state index is 3.72. The molecule has 2 atom stereocenters. The van der Waals surface area contributed by atoms with Crippen LogP contribution in [-0.4, -0.2) is 62.2 Å². The van der Waals surface area contributed by atoms with Gasteiger partial charge in [0.05, 0.1) is 0 Å². The molecule has 16 heavy (non-hydrogen) atoms. The highest BCUT2D eigenvalue weighted by atomic mass is 15.1. The van der Waals surface area contributed by atoms with E-state index in [2.05, 4.69) is 42.9 Å². The van der Waals surface area contributed by atoms with Crippen LogP contribution in [-0.2, 0) is 0 Å². The molecular weight excluding hydrogens is 198 g/mol. The minimum Gasteiger partial charge on any atom is -0.312 e. The third-order valence-electron chi connectivity index (χ3n) is 3.84. The van der Waals surface area contributed by atoms with Crippen molar-refractivity contribution in [1.29, 1.82) is 0 Å². The van der Waals surface area contributed by atoms with Crippen LogP contribution in [0.5, 0.6) is 0 Å². The Morgan fingerprint density at radius 1 is 1.31 bits per heavy atom. The van der Waals surface area contributed by atoms with Crippen LogP contribution >= 0.6 is 0 Å². The van der Waals surface area contributed by atoms with E-state index in [0.29, 0.717) is 0 Å². The fourth-order valence-electron chi connectivity index (χ4n) is 2.61. The van der Waals surface area contributed by atoms with Crippen LogP contribution in [0.2, 0.25) is 0 Å². The number of nitrogens with one attached hydrogen (secondary N) is 1. The molecule has 0 aromatic rings. The number of hydrogen-bond acceptors (Lipinski definition) is 3. The predicted molar refractivity (Wildman–Crippen MR) is 70.9 cm³/mol. The van der Waals surface area contributed by atoms with Crippen LogP contribution in [0.15, 0.2) is 0 Å². The number of piperidine rings is 1. The largest absolute Gasteiger partial charge is 0.312 e. The van der Waals surface area contributed by atoms with Gasteiger partial charge in [0.1, 0.15) is 0 Å². The van der Waals surface area contributed by atoms with Crippen molar-refractivity contribution in [2.24, 2.45) is 5.92 Å². The molecule has 1 heterocycles. The fourth-order valence-corrected chi connectivity index (χ4v) is 2.61. The fraction of sp³-hybridized carbons (Fsp3) is 1.00. The molecular formula is C13H29N3. The van der Waals surface area contributed by atoms with Gasteiger partial charge in [-0.1, -0.05) is 20.8 Å². The SMILES string of the molecule is CCN(CC)CCNC1CCN(C)CC1C. The van der Waals surface area contributed by atoms with Crippen LogP contribution in [0.1, 0.15) is 27.2 Å². The Morgan fingerprint density at radius 2 is 2.00 bits per heavy atom. The highest BCUT2D eigenvalue weighted by molar-refractivity contribution is 4.81. The Hall–Kier alpha value is -0.120. The predicted octanol–water partition coefficient (Wildman–Crippen LogP) is 1.26. The molecule has 1 aliphatic rings. The lowest BCUT2D eigenvalue weighted by atomic mass is 9.94. The summed E-state index contributed by atoms with van der Waals surface area (Å²) in [5.74, 6) is 0.787. The zero-order valence-corrected chi connectivity index (χ0v) is 11.5. The molecule has 0 saturated carbocycles. The first kappa shape index (κ1) is 13.9. The normalized spacial score (nSPS) is 27.6. The van der Waals surface area contributed by atoms with Gasteiger partial charge in [-0.2, -0.15) is 0 Å². The Kier molecular flexibility index (Phi) is 6.32. The van der Waals surface area contributed by atoms with Gasteiger partial charge in [0, 0.05) is 25.7 Å². The second kappa shape index (κ2) is 7.25. The molecule has 0 spiro atoms. The smallest absolute Gasteiger partial charge is 0.0118 e. The zero-order chi connectivity index (χ0) is 12.0. The Morgan fingerprint density at radius 3 is 2.56 bits per heavy atom. The van der Waals surface area contributed by atoms with Gasteiger partial charge < -0.3 is 15.1 Å². The molecule has 0 bridgehead atoms. The molecule has 0 aliphatic carbocycles. The summed E-state index contributed by atoms with van der Waals surface area (Å²) in [5, 5.41) is 3.72. The summed E-state index contributed by atoms with van der Waals surface area (Å²) in [6, 6.07) is 0.728. The first-order chi connectivity index (χ1) is 7.67. The third-order valence-corrected chi connectivity index (χ3v) is 3.84. The van der Waals surface area contributed by atoms with Gasteiger partial charge >= 0.3 is 0 Å². The first-order valence-corrected chi connectivity index (χ1v) is 6.81. The average Bonchev–Trinajstić information content (AvgIpc) is 2.27. The van der Waals surface area contributed by atoms with E-state index in [1.54, 1.807) is 0 Å². The van der Waals surface area contributed by atoms with Crippen molar-refractivity contribution in [3.05, 3.63) is 0 Å². The van der Waals surface area contributed by atoms with Crippen molar-refractivity contribution in [3.63, 3.8) is 0 Å². The van der Waals surface area contributed by atoms with Crippen molar-refractivity contribution in [2.75, 3.05) is 46.3 Å². The van der Waals surface area contributed by atoms with Gasteiger partial charge in [-0.15, -0.1) is 0 Å². The quantitative estimate of drug-likeness (QED) is 0.737. The molecule has 0 aromatic heterocycles. The Balaban J connectivity index is 2.17. The summed E-state index contributed by atoms with van der Waals surface area (Å²) < 4.78 is 0. The van der Waals surface area contributed by atoms with Crippen molar-refractivity contribution >= 4 is 0 Å². The van der Waals surface area contributed by atoms with E-state index in [-0.39, 0.29) is 0 Å². The first-order valence-electron chi connectivity index (χ1n) is 6.81. The molecule has 3 nitrogen and oxygen atoms in total. The van der Waals surface area contributed by atoms with Gasteiger partial charge in [0.25, 0.3) is 0 Å². The minimum absolute atomic E-state index is 0.728. The zero-order valence-electron chi connectivity index (χ0n) is 11.5. The topological polar surface area (TPSA) is 18.5 Å². The van der Waals surface area contributed by atoms with Crippen molar-refractivity contribution in [3.8, 4) is 0 Å². The summed E-state index contributed by atoms with van der Waals surface area (Å²) in [4.78, 5) is 4.92. The van der Waals surface area contributed by atoms with Crippen molar-refractivity contribution < 1.29 is 0 Å². The summed E-state index contributed by atoms with van der Waals surface area (Å²) in [7, 11) is 2.22. The van der Waals surface area contributed by atoms with Gasteiger partial charge in [0.2, 0.25) is 0 Å². The maximum Gasteiger partial charge on any atom is 0.0118 e. The second-order valence-electron chi connectivity index (χ2n) is 5.12. The van der Waals surface area contributed by atoms with Crippen LogP contribution in [0.25, 0.3) is 0 Å². The molecule has 2 unspecified atom stereocenters.